The lowest BCUT2D eigenvalue weighted by atomic mass is 10.0. The molecular formula is C16H15BrClNO. The number of hydrogen-bond donors (Lipinski definition) is 1. The van der Waals surface area contributed by atoms with Crippen molar-refractivity contribution < 1.29 is 4.79 Å². The van der Waals surface area contributed by atoms with Gasteiger partial charge >= 0.3 is 0 Å². The van der Waals surface area contributed by atoms with Gasteiger partial charge in [-0.1, -0.05) is 43.6 Å². The summed E-state index contributed by atoms with van der Waals surface area (Å²) < 4.78 is 0.711. The summed E-state index contributed by atoms with van der Waals surface area (Å²) in [5.74, 6) is 0.207. The summed E-state index contributed by atoms with van der Waals surface area (Å²) in [6.45, 7) is 4.23. The largest absolute Gasteiger partial charge is 0.322 e. The van der Waals surface area contributed by atoms with E-state index < -0.39 is 0 Å². The first-order valence-electron chi connectivity index (χ1n) is 6.34. The summed E-state index contributed by atoms with van der Waals surface area (Å²) in [5.41, 5.74) is 2.41. The van der Waals surface area contributed by atoms with Crippen molar-refractivity contribution in [2.45, 2.75) is 19.8 Å². The van der Waals surface area contributed by atoms with E-state index in [4.69, 9.17) is 11.6 Å². The highest BCUT2D eigenvalue weighted by atomic mass is 79.9. The van der Waals surface area contributed by atoms with Crippen LogP contribution < -0.4 is 5.32 Å². The smallest absolute Gasteiger partial charge is 0.257 e. The standard InChI is InChI=1S/C16H15BrClNO/c1-10(2)11-5-3-6-12(9-11)19-16(20)13-7-4-8-14(17)15(13)18/h3-10H,1-2H3,(H,19,20). The van der Waals surface area contributed by atoms with Gasteiger partial charge in [-0.15, -0.1) is 0 Å². The second-order valence-corrected chi connectivity index (χ2v) is 6.07. The molecule has 0 fully saturated rings. The lowest BCUT2D eigenvalue weighted by molar-refractivity contribution is 0.102. The van der Waals surface area contributed by atoms with Crippen LogP contribution in [0.25, 0.3) is 0 Å². The van der Waals surface area contributed by atoms with Crippen LogP contribution in [0.1, 0.15) is 35.7 Å². The van der Waals surface area contributed by atoms with Gasteiger partial charge in [0.2, 0.25) is 0 Å². The first-order valence-corrected chi connectivity index (χ1v) is 7.51. The molecule has 0 spiro atoms. The third kappa shape index (κ3) is 3.41. The maximum Gasteiger partial charge on any atom is 0.257 e. The van der Waals surface area contributed by atoms with Crippen molar-refractivity contribution in [1.82, 2.24) is 0 Å². The molecule has 2 aromatic carbocycles. The van der Waals surface area contributed by atoms with Crippen LogP contribution in [-0.2, 0) is 0 Å². The summed E-state index contributed by atoms with van der Waals surface area (Å²) in [4.78, 5) is 12.3. The Morgan fingerprint density at radius 3 is 2.60 bits per heavy atom. The van der Waals surface area contributed by atoms with Crippen LogP contribution in [0.4, 0.5) is 5.69 Å². The second-order valence-electron chi connectivity index (χ2n) is 4.84. The van der Waals surface area contributed by atoms with E-state index in [-0.39, 0.29) is 5.91 Å². The minimum Gasteiger partial charge on any atom is -0.322 e. The van der Waals surface area contributed by atoms with Gasteiger partial charge in [-0.25, -0.2) is 0 Å². The highest BCUT2D eigenvalue weighted by molar-refractivity contribution is 9.10. The molecule has 1 amide bonds. The molecule has 0 bridgehead atoms. The van der Waals surface area contributed by atoms with Crippen LogP contribution in [0.3, 0.4) is 0 Å². The van der Waals surface area contributed by atoms with E-state index in [1.807, 2.05) is 24.3 Å². The monoisotopic (exact) mass is 351 g/mol. The Hall–Kier alpha value is -1.32. The van der Waals surface area contributed by atoms with Crippen molar-refractivity contribution in [3.63, 3.8) is 0 Å². The van der Waals surface area contributed by atoms with Crippen LogP contribution >= 0.6 is 27.5 Å². The van der Waals surface area contributed by atoms with Crippen LogP contribution in [0.2, 0.25) is 5.02 Å². The van der Waals surface area contributed by atoms with Gasteiger partial charge in [0.1, 0.15) is 0 Å². The van der Waals surface area contributed by atoms with Gasteiger partial charge in [0, 0.05) is 10.2 Å². The first-order chi connectivity index (χ1) is 9.49. The Morgan fingerprint density at radius 1 is 1.20 bits per heavy atom. The van der Waals surface area contributed by atoms with E-state index >= 15 is 0 Å². The number of carbonyl (C=O) groups excluding carboxylic acids is 1. The fraction of sp³-hybridized carbons (Fsp3) is 0.188. The maximum atomic E-state index is 12.3. The average molecular weight is 353 g/mol. The number of anilines is 1. The van der Waals surface area contributed by atoms with Gasteiger partial charge in [-0.05, 0) is 51.7 Å². The quantitative estimate of drug-likeness (QED) is 0.779. The fourth-order valence-electron chi connectivity index (χ4n) is 1.85. The zero-order valence-electron chi connectivity index (χ0n) is 11.3. The van der Waals surface area contributed by atoms with E-state index in [2.05, 4.69) is 35.1 Å². The molecule has 2 nitrogen and oxygen atoms in total. The normalized spacial score (nSPS) is 10.7. The number of hydrogen-bond acceptors (Lipinski definition) is 1. The predicted octanol–water partition coefficient (Wildman–Crippen LogP) is 5.48. The zero-order valence-corrected chi connectivity index (χ0v) is 13.6. The molecule has 0 aliphatic heterocycles. The molecule has 0 heterocycles. The highest BCUT2D eigenvalue weighted by Crippen LogP contribution is 2.27. The molecule has 0 aromatic heterocycles. The van der Waals surface area contributed by atoms with Gasteiger partial charge in [0.05, 0.1) is 10.6 Å². The van der Waals surface area contributed by atoms with E-state index in [9.17, 15) is 4.79 Å². The minimum atomic E-state index is -0.211. The zero-order chi connectivity index (χ0) is 14.7. The Balaban J connectivity index is 2.24. The highest BCUT2D eigenvalue weighted by Gasteiger charge is 2.12. The number of nitrogens with one attached hydrogen (secondary N) is 1. The third-order valence-electron chi connectivity index (χ3n) is 3.01. The Kier molecular flexibility index (Phi) is 4.84. The molecule has 20 heavy (non-hydrogen) atoms. The molecule has 0 atom stereocenters. The number of carbonyl (C=O) groups is 1. The van der Waals surface area contributed by atoms with Crippen molar-refractivity contribution in [2.75, 3.05) is 5.32 Å². The molecule has 0 saturated heterocycles. The van der Waals surface area contributed by atoms with E-state index in [1.165, 1.54) is 5.56 Å². The molecule has 4 heteroatoms. The van der Waals surface area contributed by atoms with Gasteiger partial charge in [-0.3, -0.25) is 4.79 Å². The molecule has 104 valence electrons. The van der Waals surface area contributed by atoms with Crippen molar-refractivity contribution in [1.29, 1.82) is 0 Å². The van der Waals surface area contributed by atoms with Crippen LogP contribution in [0.15, 0.2) is 46.9 Å². The van der Waals surface area contributed by atoms with E-state index in [0.717, 1.165) is 5.69 Å². The van der Waals surface area contributed by atoms with E-state index in [1.54, 1.807) is 18.2 Å². The SMILES string of the molecule is CC(C)c1cccc(NC(=O)c2cccc(Br)c2Cl)c1. The molecule has 0 aliphatic rings. The van der Waals surface area contributed by atoms with E-state index in [0.29, 0.717) is 21.0 Å². The molecule has 0 unspecified atom stereocenters. The summed E-state index contributed by atoms with van der Waals surface area (Å²) in [5, 5.41) is 3.30. The molecule has 0 radical (unpaired) electrons. The first kappa shape index (κ1) is 15.1. The molecule has 2 rings (SSSR count). The minimum absolute atomic E-state index is 0.211. The summed E-state index contributed by atoms with van der Waals surface area (Å²) in [6.07, 6.45) is 0. The van der Waals surface area contributed by atoms with Crippen molar-refractivity contribution in [3.05, 3.63) is 63.1 Å². The summed E-state index contributed by atoms with van der Waals surface area (Å²) in [6, 6.07) is 13.1. The topological polar surface area (TPSA) is 29.1 Å². The van der Waals surface area contributed by atoms with Gasteiger partial charge in [0.15, 0.2) is 0 Å². The van der Waals surface area contributed by atoms with Gasteiger partial charge < -0.3 is 5.32 Å². The van der Waals surface area contributed by atoms with Crippen LogP contribution in [0.5, 0.6) is 0 Å². The molecule has 0 saturated carbocycles. The van der Waals surface area contributed by atoms with Crippen LogP contribution in [-0.4, -0.2) is 5.91 Å². The molecular weight excluding hydrogens is 338 g/mol. The van der Waals surface area contributed by atoms with Crippen LogP contribution in [0, 0.1) is 0 Å². The number of amides is 1. The summed E-state index contributed by atoms with van der Waals surface area (Å²) >= 11 is 9.45. The average Bonchev–Trinajstić information content (AvgIpc) is 2.42. The number of halogens is 2. The van der Waals surface area contributed by atoms with Gasteiger partial charge in [-0.2, -0.15) is 0 Å². The lowest BCUT2D eigenvalue weighted by Crippen LogP contribution is -2.12. The van der Waals surface area contributed by atoms with Crippen molar-refractivity contribution >= 4 is 39.1 Å². The second kappa shape index (κ2) is 6.42. The molecule has 1 N–H and O–H groups in total. The number of benzene rings is 2. The Bertz CT molecular complexity index is 640. The lowest BCUT2D eigenvalue weighted by Gasteiger charge is -2.10. The molecule has 2 aromatic rings. The predicted molar refractivity (Wildman–Crippen MR) is 87.6 cm³/mol. The Labute approximate surface area is 132 Å². The van der Waals surface area contributed by atoms with Crippen molar-refractivity contribution in [2.24, 2.45) is 0 Å². The Morgan fingerprint density at radius 2 is 1.90 bits per heavy atom. The number of rotatable bonds is 3. The maximum absolute atomic E-state index is 12.3. The fourth-order valence-corrected chi connectivity index (χ4v) is 2.43. The molecule has 0 aliphatic carbocycles. The van der Waals surface area contributed by atoms with Crippen molar-refractivity contribution in [3.8, 4) is 0 Å². The summed E-state index contributed by atoms with van der Waals surface area (Å²) in [7, 11) is 0. The van der Waals surface area contributed by atoms with Gasteiger partial charge in [0.25, 0.3) is 5.91 Å². The third-order valence-corrected chi connectivity index (χ3v) is 4.30.